The van der Waals surface area contributed by atoms with Crippen LogP contribution in [0.1, 0.15) is 62.5 Å². The number of carbonyl (C=O) groups is 3. The summed E-state index contributed by atoms with van der Waals surface area (Å²) in [4.78, 5) is 36.2. The van der Waals surface area contributed by atoms with Gasteiger partial charge in [0.25, 0.3) is 0 Å². The maximum atomic E-state index is 12.7. The number of carboxylic acid groups (broad SMARTS) is 1. The van der Waals surface area contributed by atoms with E-state index in [1.807, 2.05) is 24.3 Å². The van der Waals surface area contributed by atoms with E-state index in [9.17, 15) is 14.4 Å². The summed E-state index contributed by atoms with van der Waals surface area (Å²) < 4.78 is 5.54. The van der Waals surface area contributed by atoms with Gasteiger partial charge in [-0.05, 0) is 54.4 Å². The number of carbonyl (C=O) groups excluding carboxylic acids is 2. The van der Waals surface area contributed by atoms with Crippen molar-refractivity contribution in [3.63, 3.8) is 0 Å². The highest BCUT2D eigenvalue weighted by molar-refractivity contribution is 5.85. The van der Waals surface area contributed by atoms with E-state index in [-0.39, 0.29) is 36.8 Å². The van der Waals surface area contributed by atoms with Gasteiger partial charge in [-0.1, -0.05) is 61.4 Å². The Morgan fingerprint density at radius 1 is 1.00 bits per heavy atom. The van der Waals surface area contributed by atoms with E-state index in [4.69, 9.17) is 9.84 Å². The third kappa shape index (κ3) is 5.41. The molecule has 34 heavy (non-hydrogen) atoms. The van der Waals surface area contributed by atoms with Crippen molar-refractivity contribution in [1.82, 2.24) is 10.6 Å². The molecule has 2 aliphatic carbocycles. The molecular formula is C27H32N2O5. The highest BCUT2D eigenvalue weighted by atomic mass is 16.5. The molecule has 180 valence electrons. The van der Waals surface area contributed by atoms with Crippen LogP contribution in [-0.2, 0) is 14.3 Å². The Morgan fingerprint density at radius 3 is 2.26 bits per heavy atom. The maximum Gasteiger partial charge on any atom is 0.407 e. The zero-order valence-electron chi connectivity index (χ0n) is 19.5. The maximum absolute atomic E-state index is 12.7. The van der Waals surface area contributed by atoms with E-state index in [1.54, 1.807) is 6.92 Å². The number of benzene rings is 2. The number of hydrogen-bond donors (Lipinski definition) is 3. The van der Waals surface area contributed by atoms with Gasteiger partial charge in [0.15, 0.2) is 0 Å². The predicted octanol–water partition coefficient (Wildman–Crippen LogP) is 4.45. The van der Waals surface area contributed by atoms with Gasteiger partial charge in [-0.3, -0.25) is 9.59 Å². The lowest BCUT2D eigenvalue weighted by molar-refractivity contribution is -0.137. The standard InChI is InChI=1S/C27H32N2O5/c1-17(26(32)29-24-13-7-2-8-18(24)14-15-25(30)31)28-27(33)34-16-23-21-11-5-3-9-19(21)20-10-4-6-12-22(20)23/h3-6,9-12,17-18,23-24H,2,7-8,13-16H2,1H3,(H,28,33)(H,29,32)(H,30,31). The van der Waals surface area contributed by atoms with Crippen molar-refractivity contribution < 1.29 is 24.2 Å². The van der Waals surface area contributed by atoms with Crippen LogP contribution in [0, 0.1) is 5.92 Å². The topological polar surface area (TPSA) is 105 Å². The van der Waals surface area contributed by atoms with Crippen molar-refractivity contribution in [3.05, 3.63) is 59.7 Å². The Hall–Kier alpha value is -3.35. The van der Waals surface area contributed by atoms with Crippen molar-refractivity contribution in [2.75, 3.05) is 6.61 Å². The van der Waals surface area contributed by atoms with Gasteiger partial charge in [0.1, 0.15) is 12.6 Å². The number of rotatable bonds is 8. The van der Waals surface area contributed by atoms with Crippen molar-refractivity contribution in [3.8, 4) is 11.1 Å². The Morgan fingerprint density at radius 2 is 1.62 bits per heavy atom. The number of carboxylic acids is 1. The Bertz CT molecular complexity index is 1010. The second-order valence-corrected chi connectivity index (χ2v) is 9.28. The summed E-state index contributed by atoms with van der Waals surface area (Å²) in [7, 11) is 0. The van der Waals surface area contributed by atoms with E-state index in [2.05, 4.69) is 34.9 Å². The molecule has 0 aromatic heterocycles. The van der Waals surface area contributed by atoms with E-state index >= 15 is 0 Å². The van der Waals surface area contributed by atoms with Crippen molar-refractivity contribution in [1.29, 1.82) is 0 Å². The van der Waals surface area contributed by atoms with Crippen LogP contribution in [0.25, 0.3) is 11.1 Å². The highest BCUT2D eigenvalue weighted by Gasteiger charge is 2.31. The molecule has 0 aliphatic heterocycles. The smallest absolute Gasteiger partial charge is 0.407 e. The minimum Gasteiger partial charge on any atom is -0.481 e. The number of amides is 2. The molecule has 2 amide bonds. The minimum absolute atomic E-state index is 0.0421. The first kappa shape index (κ1) is 23.8. The fourth-order valence-electron chi connectivity index (χ4n) is 5.24. The first-order valence-electron chi connectivity index (χ1n) is 12.1. The number of ether oxygens (including phenoxy) is 1. The molecule has 0 bridgehead atoms. The predicted molar refractivity (Wildman–Crippen MR) is 128 cm³/mol. The molecule has 1 saturated carbocycles. The number of hydrogen-bond acceptors (Lipinski definition) is 4. The quantitative estimate of drug-likeness (QED) is 0.535. The molecule has 3 N–H and O–H groups in total. The fraction of sp³-hybridized carbons (Fsp3) is 0.444. The Labute approximate surface area is 199 Å². The van der Waals surface area contributed by atoms with Gasteiger partial charge < -0.3 is 20.5 Å². The molecule has 2 aromatic carbocycles. The summed E-state index contributed by atoms with van der Waals surface area (Å²) in [5, 5.41) is 14.6. The normalized spacial score (nSPS) is 20.0. The second-order valence-electron chi connectivity index (χ2n) is 9.28. The van der Waals surface area contributed by atoms with Crippen molar-refractivity contribution in [2.45, 2.75) is 63.5 Å². The molecule has 0 radical (unpaired) electrons. The van der Waals surface area contributed by atoms with Crippen LogP contribution in [0.5, 0.6) is 0 Å². The molecule has 0 saturated heterocycles. The highest BCUT2D eigenvalue weighted by Crippen LogP contribution is 2.44. The van der Waals surface area contributed by atoms with Gasteiger partial charge >= 0.3 is 12.1 Å². The third-order valence-electron chi connectivity index (χ3n) is 7.04. The first-order valence-corrected chi connectivity index (χ1v) is 12.1. The zero-order chi connectivity index (χ0) is 24.1. The van der Waals surface area contributed by atoms with Gasteiger partial charge in [-0.2, -0.15) is 0 Å². The van der Waals surface area contributed by atoms with Gasteiger partial charge in [0.2, 0.25) is 5.91 Å². The van der Waals surface area contributed by atoms with Crippen molar-refractivity contribution in [2.24, 2.45) is 5.92 Å². The number of fused-ring (bicyclic) bond motifs is 3. The molecule has 1 fully saturated rings. The molecule has 3 unspecified atom stereocenters. The van der Waals surface area contributed by atoms with Crippen LogP contribution in [0.4, 0.5) is 4.79 Å². The van der Waals surface area contributed by atoms with Crippen LogP contribution in [0.2, 0.25) is 0 Å². The SMILES string of the molecule is CC(NC(=O)OCC1c2ccccc2-c2ccccc21)C(=O)NC1CCCCC1CCC(=O)O. The molecule has 7 heteroatoms. The zero-order valence-corrected chi connectivity index (χ0v) is 19.5. The number of aliphatic carboxylic acids is 1. The van der Waals surface area contributed by atoms with E-state index in [0.717, 1.165) is 47.9 Å². The number of alkyl carbamates (subject to hydrolysis) is 1. The van der Waals surface area contributed by atoms with Gasteiger partial charge in [-0.15, -0.1) is 0 Å². The summed E-state index contributed by atoms with van der Waals surface area (Å²) >= 11 is 0. The van der Waals surface area contributed by atoms with Crippen LogP contribution in [0.15, 0.2) is 48.5 Å². The van der Waals surface area contributed by atoms with Crippen LogP contribution in [0.3, 0.4) is 0 Å². The van der Waals surface area contributed by atoms with Crippen LogP contribution >= 0.6 is 0 Å². The van der Waals surface area contributed by atoms with E-state index in [1.165, 1.54) is 0 Å². The molecule has 2 aromatic rings. The minimum atomic E-state index is -0.819. The largest absolute Gasteiger partial charge is 0.481 e. The van der Waals surface area contributed by atoms with E-state index in [0.29, 0.717) is 6.42 Å². The summed E-state index contributed by atoms with van der Waals surface area (Å²) in [6.07, 6.45) is 3.81. The van der Waals surface area contributed by atoms with E-state index < -0.39 is 18.1 Å². The lowest BCUT2D eigenvalue weighted by Crippen LogP contribution is -2.51. The van der Waals surface area contributed by atoms with Gasteiger partial charge in [0, 0.05) is 18.4 Å². The molecule has 4 rings (SSSR count). The average molecular weight is 465 g/mol. The fourth-order valence-corrected chi connectivity index (χ4v) is 5.24. The molecule has 0 heterocycles. The van der Waals surface area contributed by atoms with Crippen LogP contribution < -0.4 is 10.6 Å². The molecule has 7 nitrogen and oxygen atoms in total. The summed E-state index contributed by atoms with van der Waals surface area (Å²) in [5.41, 5.74) is 4.58. The molecule has 3 atom stereocenters. The summed E-state index contributed by atoms with van der Waals surface area (Å²) in [5.74, 6) is -0.989. The lowest BCUT2D eigenvalue weighted by Gasteiger charge is -2.32. The Kier molecular flexibility index (Phi) is 7.50. The van der Waals surface area contributed by atoms with Crippen molar-refractivity contribution >= 4 is 18.0 Å². The summed E-state index contributed by atoms with van der Waals surface area (Å²) in [6.45, 7) is 1.82. The molecule has 2 aliphatic rings. The molecular weight excluding hydrogens is 432 g/mol. The van der Waals surface area contributed by atoms with Crippen LogP contribution in [-0.4, -0.2) is 41.8 Å². The van der Waals surface area contributed by atoms with Gasteiger partial charge in [-0.25, -0.2) is 4.79 Å². The second kappa shape index (κ2) is 10.7. The summed E-state index contributed by atoms with van der Waals surface area (Å²) in [6, 6.07) is 15.4. The van der Waals surface area contributed by atoms with Gasteiger partial charge in [0.05, 0.1) is 0 Å². The molecule has 0 spiro atoms. The first-order chi connectivity index (χ1) is 16.4. The number of nitrogens with one attached hydrogen (secondary N) is 2. The lowest BCUT2D eigenvalue weighted by atomic mass is 9.81. The average Bonchev–Trinajstić information content (AvgIpc) is 3.16. The third-order valence-corrected chi connectivity index (χ3v) is 7.04. The monoisotopic (exact) mass is 464 g/mol. The Balaban J connectivity index is 1.30.